The summed E-state index contributed by atoms with van der Waals surface area (Å²) in [5.41, 5.74) is 2.21. The van der Waals surface area contributed by atoms with Crippen molar-refractivity contribution in [1.29, 1.82) is 16.1 Å². The number of thiophene rings is 1. The number of hydrogen-bond donors (Lipinski definition) is 4. The average Bonchev–Trinajstić information content (AvgIpc) is 3.64. The summed E-state index contributed by atoms with van der Waals surface area (Å²) < 4.78 is 32.3. The minimum Gasteiger partial charge on any atom is -0.444 e. The van der Waals surface area contributed by atoms with Gasteiger partial charge in [-0.3, -0.25) is 16.1 Å². The Morgan fingerprint density at radius 3 is 2.58 bits per heavy atom. The van der Waals surface area contributed by atoms with Gasteiger partial charge in [0.2, 0.25) is 11.8 Å². The first-order valence-corrected chi connectivity index (χ1v) is 17.2. The maximum absolute atomic E-state index is 15.4. The lowest BCUT2D eigenvalue weighted by Gasteiger charge is -2.42. The Bertz CT molecular complexity index is 2100. The summed E-state index contributed by atoms with van der Waals surface area (Å²) in [6.45, 7) is 8.66. The number of nitrogens with one attached hydrogen (secondary N) is 4. The van der Waals surface area contributed by atoms with E-state index in [0.29, 0.717) is 64.7 Å². The van der Waals surface area contributed by atoms with Crippen molar-refractivity contribution in [1.82, 2.24) is 14.9 Å². The number of carbonyl (C=O) groups is 1. The number of aromatic nitrogens is 2. The van der Waals surface area contributed by atoms with Crippen molar-refractivity contribution < 1.29 is 23.4 Å². The highest BCUT2D eigenvalue weighted by Gasteiger charge is 2.34. The predicted octanol–water partition coefficient (Wildman–Crippen LogP) is 7.10. The van der Waals surface area contributed by atoms with Crippen LogP contribution in [0.1, 0.15) is 50.8 Å². The zero-order chi connectivity index (χ0) is 36.1. The van der Waals surface area contributed by atoms with Crippen LogP contribution >= 0.6 is 22.9 Å². The molecule has 2 aromatic heterocycles. The molecule has 6 rings (SSSR count). The van der Waals surface area contributed by atoms with Gasteiger partial charge in [0.05, 0.1) is 45.9 Å². The highest BCUT2D eigenvalue weighted by Crippen LogP contribution is 2.49. The van der Waals surface area contributed by atoms with Gasteiger partial charge in [-0.15, -0.1) is 11.3 Å². The highest BCUT2D eigenvalue weighted by atomic mass is 35.5. The first kappa shape index (κ1) is 35.2. The number of anilines is 3. The topological polar surface area (TPSA) is 173 Å². The molecule has 13 nitrogen and oxygen atoms in total. The van der Waals surface area contributed by atoms with Crippen molar-refractivity contribution in [2.24, 2.45) is 0 Å². The van der Waals surface area contributed by atoms with Crippen LogP contribution in [-0.2, 0) is 27.4 Å². The number of ether oxygens (including phenoxy) is 3. The first-order chi connectivity index (χ1) is 23.7. The van der Waals surface area contributed by atoms with Crippen LogP contribution in [0.25, 0.3) is 32.1 Å². The van der Waals surface area contributed by atoms with Crippen molar-refractivity contribution in [3.05, 3.63) is 39.7 Å². The number of benzene rings is 2. The van der Waals surface area contributed by atoms with E-state index < -0.39 is 17.5 Å². The maximum atomic E-state index is 15.4. The molecule has 0 radical (unpaired) electrons. The standard InChI is InChI=1S/C34H37ClFN9O4S/c1-7-22(38)48-23(39)11-40-30-26-20-15-47-14-19(20)24(27(35)28(26)41-32(42-30)45-12-16(13-45)44(5)6)17-8-9-21(36)29-25(17)18(10-37)31(50-29)43-33(46)49-34(2,3)4/h8-9,16,38-39H,7,11-15H2,1-6H3,(H,43,46)(H,40,41,42). The van der Waals surface area contributed by atoms with Crippen LogP contribution in [0.2, 0.25) is 5.02 Å². The molecule has 4 aromatic rings. The third kappa shape index (κ3) is 6.63. The summed E-state index contributed by atoms with van der Waals surface area (Å²) in [4.78, 5) is 26.7. The van der Waals surface area contributed by atoms with Gasteiger partial charge in [0.1, 0.15) is 28.3 Å². The van der Waals surface area contributed by atoms with Crippen molar-refractivity contribution >= 4 is 78.6 Å². The molecule has 1 fully saturated rings. The fourth-order valence-corrected chi connectivity index (χ4v) is 7.33. The van der Waals surface area contributed by atoms with Gasteiger partial charge in [-0.2, -0.15) is 10.2 Å². The molecule has 50 heavy (non-hydrogen) atoms. The van der Waals surface area contributed by atoms with Gasteiger partial charge in [-0.1, -0.05) is 24.6 Å². The van der Waals surface area contributed by atoms with E-state index in [1.165, 1.54) is 6.07 Å². The van der Waals surface area contributed by atoms with Crippen molar-refractivity contribution in [3.8, 4) is 17.2 Å². The molecule has 4 heterocycles. The van der Waals surface area contributed by atoms with Crippen LogP contribution in [0.15, 0.2) is 12.1 Å². The molecule has 2 aromatic carbocycles. The van der Waals surface area contributed by atoms with E-state index in [2.05, 4.69) is 21.6 Å². The Balaban J connectivity index is 1.54. The average molecular weight is 722 g/mol. The second-order valence-corrected chi connectivity index (χ2v) is 14.7. The van der Waals surface area contributed by atoms with Crippen LogP contribution in [0.3, 0.4) is 0 Å². The molecular formula is C34H37ClFN9O4S. The lowest BCUT2D eigenvalue weighted by molar-refractivity contribution is 0.0636. The molecule has 1 amide bonds. The molecule has 0 spiro atoms. The normalized spacial score (nSPS) is 14.4. The third-order valence-electron chi connectivity index (χ3n) is 8.43. The largest absolute Gasteiger partial charge is 0.444 e. The number of halogens is 2. The van der Waals surface area contributed by atoms with Crippen LogP contribution in [0, 0.1) is 28.0 Å². The maximum Gasteiger partial charge on any atom is 0.412 e. The number of hydrogen-bond acceptors (Lipinski definition) is 13. The Kier molecular flexibility index (Phi) is 9.57. The minimum absolute atomic E-state index is 0.0254. The number of amides is 1. The zero-order valence-corrected chi connectivity index (χ0v) is 30.1. The number of fused-ring (bicyclic) bond motifs is 4. The molecule has 1 saturated heterocycles. The SMILES string of the molecule is CCC(=N)OC(=N)CNc1nc(N2CC(N(C)C)C2)nc2c(Cl)c(-c3ccc(F)c4sc(NC(=O)OC(C)(C)C)c(C#N)c34)c3c(c12)COC3. The van der Waals surface area contributed by atoms with E-state index in [1.54, 1.807) is 33.8 Å². The highest BCUT2D eigenvalue weighted by molar-refractivity contribution is 7.23. The Morgan fingerprint density at radius 1 is 1.20 bits per heavy atom. The monoisotopic (exact) mass is 721 g/mol. The molecular weight excluding hydrogens is 685 g/mol. The summed E-state index contributed by atoms with van der Waals surface area (Å²) in [5, 5.41) is 33.6. The van der Waals surface area contributed by atoms with Gasteiger partial charge in [0.25, 0.3) is 0 Å². The minimum atomic E-state index is -0.785. The Morgan fingerprint density at radius 2 is 1.92 bits per heavy atom. The van der Waals surface area contributed by atoms with E-state index in [1.807, 2.05) is 19.0 Å². The predicted molar refractivity (Wildman–Crippen MR) is 193 cm³/mol. The lowest BCUT2D eigenvalue weighted by atomic mass is 9.91. The molecule has 4 N–H and O–H groups in total. The van der Waals surface area contributed by atoms with E-state index in [-0.39, 0.29) is 51.8 Å². The van der Waals surface area contributed by atoms with Crippen LogP contribution in [0.5, 0.6) is 0 Å². The van der Waals surface area contributed by atoms with Gasteiger partial charge < -0.3 is 29.3 Å². The van der Waals surface area contributed by atoms with Crippen LogP contribution < -0.4 is 15.5 Å². The molecule has 2 aliphatic rings. The fourth-order valence-electron chi connectivity index (χ4n) is 5.91. The second kappa shape index (κ2) is 13.6. The Labute approximate surface area is 297 Å². The molecule has 2 aliphatic heterocycles. The van der Waals surface area contributed by atoms with Gasteiger partial charge in [0.15, 0.2) is 5.90 Å². The first-order valence-electron chi connectivity index (χ1n) is 16.0. The molecule has 262 valence electrons. The van der Waals surface area contributed by atoms with Crippen molar-refractivity contribution in [2.75, 3.05) is 49.3 Å². The molecule has 0 aliphatic carbocycles. The van der Waals surface area contributed by atoms with Gasteiger partial charge in [-0.05, 0) is 57.6 Å². The second-order valence-electron chi connectivity index (χ2n) is 13.3. The van der Waals surface area contributed by atoms with Crippen molar-refractivity contribution in [2.45, 2.75) is 59.0 Å². The van der Waals surface area contributed by atoms with Crippen LogP contribution in [-0.4, -0.2) is 78.1 Å². The van der Waals surface area contributed by atoms with E-state index in [0.717, 1.165) is 22.5 Å². The summed E-state index contributed by atoms with van der Waals surface area (Å²) in [7, 11) is 4.03. The summed E-state index contributed by atoms with van der Waals surface area (Å²) >= 11 is 8.28. The summed E-state index contributed by atoms with van der Waals surface area (Å²) in [6, 6.07) is 5.36. The van der Waals surface area contributed by atoms with Crippen molar-refractivity contribution in [3.63, 3.8) is 0 Å². The fraction of sp³-hybridized carbons (Fsp3) is 0.412. The van der Waals surface area contributed by atoms with Gasteiger partial charge in [0, 0.05) is 36.5 Å². The number of rotatable bonds is 8. The number of carbonyl (C=O) groups excluding carboxylic acids is 1. The smallest absolute Gasteiger partial charge is 0.412 e. The molecule has 0 atom stereocenters. The lowest BCUT2D eigenvalue weighted by Crippen LogP contribution is -2.58. The number of likely N-dealkylation sites (N-methyl/N-ethyl adjacent to an activating group) is 1. The zero-order valence-electron chi connectivity index (χ0n) is 28.5. The summed E-state index contributed by atoms with van der Waals surface area (Å²) in [5.74, 6) is 0.120. The number of nitriles is 1. The van der Waals surface area contributed by atoms with Crippen LogP contribution in [0.4, 0.5) is 26.0 Å². The molecule has 16 heteroatoms. The number of nitrogens with zero attached hydrogens (tertiary/aromatic N) is 5. The molecule has 0 bridgehead atoms. The van der Waals surface area contributed by atoms with Gasteiger partial charge in [-0.25, -0.2) is 14.2 Å². The Hall–Kier alpha value is -4.62. The third-order valence-corrected chi connectivity index (χ3v) is 9.91. The van der Waals surface area contributed by atoms with Gasteiger partial charge >= 0.3 is 6.09 Å². The quantitative estimate of drug-likeness (QED) is 0.109. The summed E-state index contributed by atoms with van der Waals surface area (Å²) in [6.07, 6.45) is -0.418. The molecule has 0 unspecified atom stereocenters. The molecule has 0 saturated carbocycles. The van der Waals surface area contributed by atoms with E-state index in [9.17, 15) is 10.1 Å². The van der Waals surface area contributed by atoms with E-state index >= 15 is 4.39 Å². The van der Waals surface area contributed by atoms with E-state index in [4.69, 9.17) is 46.6 Å².